The van der Waals surface area contributed by atoms with Gasteiger partial charge in [0.1, 0.15) is 0 Å². The second-order valence-electron chi connectivity index (χ2n) is 2.72. The lowest BCUT2D eigenvalue weighted by Gasteiger charge is -2.01. The van der Waals surface area contributed by atoms with Gasteiger partial charge in [-0.15, -0.1) is 0 Å². The molecule has 0 heterocycles. The molecule has 1 N–H and O–H groups in total. The van der Waals surface area contributed by atoms with Crippen molar-refractivity contribution in [2.24, 2.45) is 0 Å². The molecule has 0 rings (SSSR count). The smallest absolute Gasteiger partial charge is 0.305 e. The summed E-state index contributed by atoms with van der Waals surface area (Å²) in [7, 11) is 1.94. The Bertz CT molecular complexity index is 115. The Morgan fingerprint density at radius 3 is 2.67 bits per heavy atom. The van der Waals surface area contributed by atoms with Crippen molar-refractivity contribution >= 4 is 5.97 Å². The van der Waals surface area contributed by atoms with E-state index in [-0.39, 0.29) is 5.97 Å². The molecule has 0 bridgehead atoms. The van der Waals surface area contributed by atoms with Crippen molar-refractivity contribution in [3.8, 4) is 0 Å². The van der Waals surface area contributed by atoms with Crippen LogP contribution in [-0.4, -0.2) is 26.2 Å². The van der Waals surface area contributed by atoms with Crippen molar-refractivity contribution < 1.29 is 9.53 Å². The highest BCUT2D eigenvalue weighted by molar-refractivity contribution is 5.69. The maximum atomic E-state index is 10.8. The Morgan fingerprint density at radius 2 is 2.08 bits per heavy atom. The third kappa shape index (κ3) is 7.54. The summed E-state index contributed by atoms with van der Waals surface area (Å²) >= 11 is 0. The first-order valence-corrected chi connectivity index (χ1v) is 4.61. The van der Waals surface area contributed by atoms with Crippen LogP contribution in [-0.2, 0) is 9.53 Å². The molecule has 0 unspecified atom stereocenters. The van der Waals surface area contributed by atoms with Crippen LogP contribution >= 0.6 is 0 Å². The van der Waals surface area contributed by atoms with Crippen LogP contribution in [0.5, 0.6) is 0 Å². The molecule has 0 spiro atoms. The van der Waals surface area contributed by atoms with E-state index in [2.05, 4.69) is 5.32 Å². The maximum Gasteiger partial charge on any atom is 0.305 e. The minimum Gasteiger partial charge on any atom is -0.466 e. The Labute approximate surface area is 74.5 Å². The SMILES string of the molecule is CCOC(=O)CCCCCNC. The predicted molar refractivity (Wildman–Crippen MR) is 49.0 cm³/mol. The minimum absolute atomic E-state index is 0.0676. The van der Waals surface area contributed by atoms with Crippen molar-refractivity contribution in [1.82, 2.24) is 5.32 Å². The first-order chi connectivity index (χ1) is 5.81. The van der Waals surface area contributed by atoms with E-state index in [0.717, 1.165) is 25.8 Å². The average molecular weight is 173 g/mol. The fourth-order valence-corrected chi connectivity index (χ4v) is 0.981. The van der Waals surface area contributed by atoms with Crippen molar-refractivity contribution in [2.45, 2.75) is 32.6 Å². The van der Waals surface area contributed by atoms with Gasteiger partial charge in [-0.05, 0) is 33.4 Å². The van der Waals surface area contributed by atoms with Gasteiger partial charge >= 0.3 is 5.97 Å². The Kier molecular flexibility index (Phi) is 8.12. The van der Waals surface area contributed by atoms with Crippen LogP contribution in [0.25, 0.3) is 0 Å². The molecule has 3 nitrogen and oxygen atoms in total. The van der Waals surface area contributed by atoms with Gasteiger partial charge in [-0.1, -0.05) is 6.42 Å². The van der Waals surface area contributed by atoms with E-state index in [9.17, 15) is 4.79 Å². The zero-order valence-electron chi connectivity index (χ0n) is 8.06. The van der Waals surface area contributed by atoms with Crippen LogP contribution < -0.4 is 5.32 Å². The van der Waals surface area contributed by atoms with E-state index < -0.39 is 0 Å². The highest BCUT2D eigenvalue weighted by Gasteiger charge is 1.99. The molecule has 0 atom stereocenters. The first kappa shape index (κ1) is 11.4. The molecule has 0 aliphatic heterocycles. The van der Waals surface area contributed by atoms with Crippen molar-refractivity contribution in [1.29, 1.82) is 0 Å². The van der Waals surface area contributed by atoms with Gasteiger partial charge < -0.3 is 10.1 Å². The Balaban J connectivity index is 3.03. The molecule has 3 heteroatoms. The number of ether oxygens (including phenoxy) is 1. The quantitative estimate of drug-likeness (QED) is 0.466. The van der Waals surface area contributed by atoms with Crippen LogP contribution in [0.1, 0.15) is 32.6 Å². The van der Waals surface area contributed by atoms with Gasteiger partial charge in [-0.3, -0.25) is 4.79 Å². The topological polar surface area (TPSA) is 38.3 Å². The van der Waals surface area contributed by atoms with Gasteiger partial charge in [0.05, 0.1) is 6.61 Å². The summed E-state index contributed by atoms with van der Waals surface area (Å²) in [5, 5.41) is 3.06. The maximum absolute atomic E-state index is 10.8. The third-order valence-corrected chi connectivity index (χ3v) is 1.61. The highest BCUT2D eigenvalue weighted by Crippen LogP contribution is 2.00. The standard InChI is InChI=1S/C9H19NO2/c1-3-12-9(11)7-5-4-6-8-10-2/h10H,3-8H2,1-2H3. The van der Waals surface area contributed by atoms with Crippen LogP contribution in [0, 0.1) is 0 Å². The van der Waals surface area contributed by atoms with Gasteiger partial charge in [-0.2, -0.15) is 0 Å². The second-order valence-corrected chi connectivity index (χ2v) is 2.72. The molecular weight excluding hydrogens is 154 g/mol. The molecule has 0 saturated carbocycles. The highest BCUT2D eigenvalue weighted by atomic mass is 16.5. The monoisotopic (exact) mass is 173 g/mol. The van der Waals surface area contributed by atoms with E-state index >= 15 is 0 Å². The lowest BCUT2D eigenvalue weighted by Crippen LogP contribution is -2.08. The summed E-state index contributed by atoms with van der Waals surface area (Å²) in [6.07, 6.45) is 3.74. The van der Waals surface area contributed by atoms with Crippen LogP contribution in [0.4, 0.5) is 0 Å². The molecule has 0 aromatic carbocycles. The molecule has 12 heavy (non-hydrogen) atoms. The molecule has 72 valence electrons. The summed E-state index contributed by atoms with van der Waals surface area (Å²) in [4.78, 5) is 10.8. The van der Waals surface area contributed by atoms with Gasteiger partial charge in [0.15, 0.2) is 0 Å². The minimum atomic E-state index is -0.0676. The summed E-state index contributed by atoms with van der Waals surface area (Å²) in [6, 6.07) is 0. The van der Waals surface area contributed by atoms with E-state index in [1.807, 2.05) is 14.0 Å². The average Bonchev–Trinajstić information content (AvgIpc) is 2.05. The molecule has 0 saturated heterocycles. The lowest BCUT2D eigenvalue weighted by molar-refractivity contribution is -0.143. The van der Waals surface area contributed by atoms with E-state index in [1.54, 1.807) is 0 Å². The van der Waals surface area contributed by atoms with Crippen LogP contribution in [0.2, 0.25) is 0 Å². The van der Waals surface area contributed by atoms with Crippen molar-refractivity contribution in [3.05, 3.63) is 0 Å². The number of rotatable bonds is 7. The Morgan fingerprint density at radius 1 is 1.33 bits per heavy atom. The molecular formula is C9H19NO2. The first-order valence-electron chi connectivity index (χ1n) is 4.61. The van der Waals surface area contributed by atoms with E-state index in [4.69, 9.17) is 4.74 Å². The number of esters is 1. The van der Waals surface area contributed by atoms with Gasteiger partial charge in [0.2, 0.25) is 0 Å². The number of hydrogen-bond donors (Lipinski definition) is 1. The summed E-state index contributed by atoms with van der Waals surface area (Å²) < 4.78 is 4.79. The van der Waals surface area contributed by atoms with Gasteiger partial charge in [-0.25, -0.2) is 0 Å². The number of hydrogen-bond acceptors (Lipinski definition) is 3. The zero-order chi connectivity index (χ0) is 9.23. The number of unbranched alkanes of at least 4 members (excludes halogenated alkanes) is 2. The fourth-order valence-electron chi connectivity index (χ4n) is 0.981. The number of carbonyl (C=O) groups excluding carboxylic acids is 1. The summed E-state index contributed by atoms with van der Waals surface area (Å²) in [5.41, 5.74) is 0. The fraction of sp³-hybridized carbons (Fsp3) is 0.889. The predicted octanol–water partition coefficient (Wildman–Crippen LogP) is 1.33. The second kappa shape index (κ2) is 8.53. The van der Waals surface area contributed by atoms with Crippen molar-refractivity contribution in [3.63, 3.8) is 0 Å². The van der Waals surface area contributed by atoms with Gasteiger partial charge in [0.25, 0.3) is 0 Å². The van der Waals surface area contributed by atoms with Crippen LogP contribution in [0.3, 0.4) is 0 Å². The molecule has 0 radical (unpaired) electrons. The molecule has 0 fully saturated rings. The lowest BCUT2D eigenvalue weighted by atomic mass is 10.2. The molecule has 0 aliphatic rings. The number of carbonyl (C=O) groups is 1. The molecule has 0 aromatic heterocycles. The molecule has 0 aliphatic carbocycles. The zero-order valence-corrected chi connectivity index (χ0v) is 8.06. The largest absolute Gasteiger partial charge is 0.466 e. The third-order valence-electron chi connectivity index (χ3n) is 1.61. The normalized spacial score (nSPS) is 9.83. The van der Waals surface area contributed by atoms with E-state index in [0.29, 0.717) is 13.0 Å². The molecule has 0 amide bonds. The Hall–Kier alpha value is -0.570. The summed E-state index contributed by atoms with van der Waals surface area (Å²) in [6.45, 7) is 3.36. The van der Waals surface area contributed by atoms with Gasteiger partial charge in [0, 0.05) is 6.42 Å². The number of nitrogens with one attached hydrogen (secondary N) is 1. The van der Waals surface area contributed by atoms with Crippen LogP contribution in [0.15, 0.2) is 0 Å². The van der Waals surface area contributed by atoms with E-state index in [1.165, 1.54) is 0 Å². The van der Waals surface area contributed by atoms with Crippen molar-refractivity contribution in [2.75, 3.05) is 20.2 Å². The summed E-state index contributed by atoms with van der Waals surface area (Å²) in [5.74, 6) is -0.0676. The molecule has 0 aromatic rings.